The lowest BCUT2D eigenvalue weighted by atomic mass is 9.91. The molecule has 7 nitrogen and oxygen atoms in total. The number of anilines is 1. The van der Waals surface area contributed by atoms with Gasteiger partial charge in [0.1, 0.15) is 17.2 Å². The Labute approximate surface area is 149 Å². The van der Waals surface area contributed by atoms with Crippen molar-refractivity contribution in [1.29, 1.82) is 10.5 Å². The van der Waals surface area contributed by atoms with E-state index in [2.05, 4.69) is 16.2 Å². The Morgan fingerprint density at radius 1 is 1.23 bits per heavy atom. The second-order valence-electron chi connectivity index (χ2n) is 6.47. The zero-order chi connectivity index (χ0) is 18.3. The number of pyridine rings is 1. The summed E-state index contributed by atoms with van der Waals surface area (Å²) in [6, 6.07) is 11.3. The Morgan fingerprint density at radius 3 is 2.73 bits per heavy atom. The topological polar surface area (TPSA) is 98.1 Å². The summed E-state index contributed by atoms with van der Waals surface area (Å²) in [4.78, 5) is 18.4. The molecule has 0 spiro atoms. The van der Waals surface area contributed by atoms with Gasteiger partial charge in [0.15, 0.2) is 0 Å². The Bertz CT molecular complexity index is 1100. The Kier molecular flexibility index (Phi) is 3.45. The molecule has 0 aromatic carbocycles. The second kappa shape index (κ2) is 5.68. The highest BCUT2D eigenvalue weighted by Gasteiger charge is 2.44. The second-order valence-corrected chi connectivity index (χ2v) is 6.47. The van der Waals surface area contributed by atoms with Crippen LogP contribution in [0.15, 0.2) is 42.9 Å². The van der Waals surface area contributed by atoms with E-state index >= 15 is 0 Å². The smallest absolute Gasteiger partial charge is 0.247 e. The number of nitriles is 2. The number of hydrogen-bond donors (Lipinski definition) is 0. The molecule has 1 aliphatic heterocycles. The standard InChI is InChI=1S/C19H14N6O/c1-19(12-21)5-7-24(18(19)26)16-4-6-23-25-11-14(8-17(16)25)13-2-3-15(9-20)22-10-13/h2-4,6,8,10-11H,5,7H2,1H3/t19-/m1/s1. The summed E-state index contributed by atoms with van der Waals surface area (Å²) in [5.41, 5.74) is 2.63. The lowest BCUT2D eigenvalue weighted by Crippen LogP contribution is -2.32. The predicted octanol–water partition coefficient (Wildman–Crippen LogP) is 2.53. The molecule has 26 heavy (non-hydrogen) atoms. The first-order valence-electron chi connectivity index (χ1n) is 8.13. The van der Waals surface area contributed by atoms with Crippen molar-refractivity contribution in [3.05, 3.63) is 48.5 Å². The highest BCUT2D eigenvalue weighted by Crippen LogP contribution is 2.36. The number of hydrogen-bond acceptors (Lipinski definition) is 5. The van der Waals surface area contributed by atoms with Crippen molar-refractivity contribution in [3.63, 3.8) is 0 Å². The van der Waals surface area contributed by atoms with Crippen LogP contribution in [0.4, 0.5) is 5.69 Å². The molecule has 1 amide bonds. The maximum Gasteiger partial charge on any atom is 0.247 e. The number of carbonyl (C=O) groups excluding carboxylic acids is 1. The lowest BCUT2D eigenvalue weighted by Gasteiger charge is -2.18. The molecule has 1 fully saturated rings. The van der Waals surface area contributed by atoms with Gasteiger partial charge in [0.05, 0.1) is 17.3 Å². The molecule has 4 rings (SSSR count). The zero-order valence-corrected chi connectivity index (χ0v) is 14.0. The molecular formula is C19H14N6O. The van der Waals surface area contributed by atoms with Gasteiger partial charge in [0.2, 0.25) is 5.91 Å². The van der Waals surface area contributed by atoms with Crippen LogP contribution in [0.5, 0.6) is 0 Å². The normalized spacial score (nSPS) is 19.5. The minimum atomic E-state index is -0.979. The molecule has 7 heteroatoms. The molecule has 1 atom stereocenters. The van der Waals surface area contributed by atoms with Crippen molar-refractivity contribution in [2.75, 3.05) is 11.4 Å². The third kappa shape index (κ3) is 2.30. The SMILES string of the molecule is C[C@]1(C#N)CCN(c2ccnn3cc(-c4ccc(C#N)nc4)cc23)C1=O. The van der Waals surface area contributed by atoms with Gasteiger partial charge in [0.25, 0.3) is 0 Å². The van der Waals surface area contributed by atoms with Crippen LogP contribution >= 0.6 is 0 Å². The summed E-state index contributed by atoms with van der Waals surface area (Å²) in [6.45, 7) is 2.18. The third-order valence-corrected chi connectivity index (χ3v) is 4.79. The van der Waals surface area contributed by atoms with Crippen LogP contribution in [0.25, 0.3) is 16.6 Å². The lowest BCUT2D eigenvalue weighted by molar-refractivity contribution is -0.122. The number of aromatic nitrogens is 3. The summed E-state index contributed by atoms with van der Waals surface area (Å²) >= 11 is 0. The number of carbonyl (C=O) groups is 1. The molecule has 0 unspecified atom stereocenters. The average Bonchev–Trinajstić information content (AvgIpc) is 3.24. The average molecular weight is 342 g/mol. The van der Waals surface area contributed by atoms with Crippen LogP contribution < -0.4 is 4.90 Å². The molecule has 4 heterocycles. The molecule has 0 saturated carbocycles. The molecule has 0 aliphatic carbocycles. The first-order valence-corrected chi connectivity index (χ1v) is 8.13. The zero-order valence-electron chi connectivity index (χ0n) is 14.0. The first kappa shape index (κ1) is 15.8. The number of fused-ring (bicyclic) bond motifs is 1. The Balaban J connectivity index is 1.79. The van der Waals surface area contributed by atoms with E-state index in [4.69, 9.17) is 5.26 Å². The van der Waals surface area contributed by atoms with Crippen LogP contribution in [0.3, 0.4) is 0 Å². The van der Waals surface area contributed by atoms with E-state index in [1.165, 1.54) is 0 Å². The fourth-order valence-corrected chi connectivity index (χ4v) is 3.19. The van der Waals surface area contributed by atoms with Gasteiger partial charge in [-0.1, -0.05) is 0 Å². The van der Waals surface area contributed by atoms with E-state index in [0.29, 0.717) is 18.7 Å². The fourth-order valence-electron chi connectivity index (χ4n) is 3.19. The van der Waals surface area contributed by atoms with Gasteiger partial charge in [-0.05, 0) is 37.6 Å². The highest BCUT2D eigenvalue weighted by molar-refractivity contribution is 6.04. The minimum Gasteiger partial charge on any atom is -0.309 e. The summed E-state index contributed by atoms with van der Waals surface area (Å²) in [5, 5.41) is 22.5. The molecule has 0 bridgehead atoms. The van der Waals surface area contributed by atoms with E-state index in [1.54, 1.807) is 40.9 Å². The van der Waals surface area contributed by atoms with Crippen molar-refractivity contribution in [2.24, 2.45) is 5.41 Å². The van der Waals surface area contributed by atoms with Crippen LogP contribution in [0.2, 0.25) is 0 Å². The molecule has 3 aromatic rings. The molecule has 126 valence electrons. The first-order chi connectivity index (χ1) is 12.6. The molecule has 3 aromatic heterocycles. The van der Waals surface area contributed by atoms with Crippen LogP contribution in [0.1, 0.15) is 19.0 Å². The maximum absolute atomic E-state index is 12.7. The summed E-state index contributed by atoms with van der Waals surface area (Å²) in [5.74, 6) is -0.184. The van der Waals surface area contributed by atoms with Crippen molar-refractivity contribution < 1.29 is 4.79 Å². The van der Waals surface area contributed by atoms with E-state index in [9.17, 15) is 10.1 Å². The summed E-state index contributed by atoms with van der Waals surface area (Å²) in [6.07, 6.45) is 5.63. The minimum absolute atomic E-state index is 0.184. The largest absolute Gasteiger partial charge is 0.309 e. The summed E-state index contributed by atoms with van der Waals surface area (Å²) < 4.78 is 1.71. The number of amides is 1. The maximum atomic E-state index is 12.7. The van der Waals surface area contributed by atoms with Crippen molar-refractivity contribution in [2.45, 2.75) is 13.3 Å². The van der Waals surface area contributed by atoms with E-state index in [0.717, 1.165) is 22.3 Å². The van der Waals surface area contributed by atoms with Crippen molar-refractivity contribution in [3.8, 4) is 23.3 Å². The Hall–Kier alpha value is -3.71. The van der Waals surface area contributed by atoms with Gasteiger partial charge < -0.3 is 4.90 Å². The van der Waals surface area contributed by atoms with Gasteiger partial charge in [-0.2, -0.15) is 15.6 Å². The predicted molar refractivity (Wildman–Crippen MR) is 93.8 cm³/mol. The van der Waals surface area contributed by atoms with E-state index in [-0.39, 0.29) is 5.91 Å². The van der Waals surface area contributed by atoms with Gasteiger partial charge in [-0.3, -0.25) is 4.79 Å². The molecule has 1 saturated heterocycles. The number of rotatable bonds is 2. The van der Waals surface area contributed by atoms with Crippen LogP contribution in [0, 0.1) is 28.1 Å². The monoisotopic (exact) mass is 342 g/mol. The van der Waals surface area contributed by atoms with E-state index in [1.807, 2.05) is 24.4 Å². The number of nitrogens with zero attached hydrogens (tertiary/aromatic N) is 6. The van der Waals surface area contributed by atoms with Crippen LogP contribution in [-0.2, 0) is 4.79 Å². The van der Waals surface area contributed by atoms with Crippen LogP contribution in [-0.4, -0.2) is 27.0 Å². The quantitative estimate of drug-likeness (QED) is 0.713. The van der Waals surface area contributed by atoms with Gasteiger partial charge in [-0.25, -0.2) is 9.50 Å². The Morgan fingerprint density at radius 2 is 2.08 bits per heavy atom. The molecular weight excluding hydrogens is 328 g/mol. The van der Waals surface area contributed by atoms with Gasteiger partial charge >= 0.3 is 0 Å². The molecule has 0 radical (unpaired) electrons. The van der Waals surface area contributed by atoms with E-state index < -0.39 is 5.41 Å². The molecule has 0 N–H and O–H groups in total. The van der Waals surface area contributed by atoms with Crippen molar-refractivity contribution >= 4 is 17.1 Å². The van der Waals surface area contributed by atoms with Gasteiger partial charge in [-0.15, -0.1) is 0 Å². The van der Waals surface area contributed by atoms with Gasteiger partial charge in [0, 0.05) is 36.3 Å². The fraction of sp³-hybridized carbons (Fsp3) is 0.211. The highest BCUT2D eigenvalue weighted by atomic mass is 16.2. The third-order valence-electron chi connectivity index (χ3n) is 4.79. The summed E-state index contributed by atoms with van der Waals surface area (Å²) in [7, 11) is 0. The van der Waals surface area contributed by atoms with Crippen molar-refractivity contribution in [1.82, 2.24) is 14.6 Å². The molecule has 1 aliphatic rings.